The zero-order valence-corrected chi connectivity index (χ0v) is 8.76. The summed E-state index contributed by atoms with van der Waals surface area (Å²) in [5.41, 5.74) is 0.517. The predicted octanol–water partition coefficient (Wildman–Crippen LogP) is 2.19. The van der Waals surface area contributed by atoms with Crippen molar-refractivity contribution in [2.24, 2.45) is 0 Å². The van der Waals surface area contributed by atoms with Gasteiger partial charge in [-0.1, -0.05) is 11.6 Å². The molecule has 1 aromatic rings. The number of carbonyl (C=O) groups is 1. The Bertz CT molecular complexity index is 361. The summed E-state index contributed by atoms with van der Waals surface area (Å²) in [7, 11) is 1.46. The Morgan fingerprint density at radius 3 is 2.71 bits per heavy atom. The summed E-state index contributed by atoms with van der Waals surface area (Å²) in [5.74, 6) is 0.402. The molecule has 1 aromatic carbocycles. The van der Waals surface area contributed by atoms with E-state index in [-0.39, 0.29) is 18.0 Å². The molecule has 0 heterocycles. The monoisotopic (exact) mass is 214 g/mol. The quantitative estimate of drug-likeness (QED) is 0.839. The van der Waals surface area contributed by atoms with Gasteiger partial charge in [0.1, 0.15) is 17.3 Å². The first-order valence-electron chi connectivity index (χ1n) is 4.09. The van der Waals surface area contributed by atoms with Gasteiger partial charge in [-0.05, 0) is 13.0 Å². The van der Waals surface area contributed by atoms with E-state index in [0.717, 1.165) is 0 Å². The summed E-state index contributed by atoms with van der Waals surface area (Å²) in [6.07, 6.45) is 0.176. The Kier molecular flexibility index (Phi) is 3.36. The maximum atomic E-state index is 10.8. The topological polar surface area (TPSA) is 46.5 Å². The first kappa shape index (κ1) is 10.9. The van der Waals surface area contributed by atoms with Crippen LogP contribution in [0.2, 0.25) is 5.02 Å². The van der Waals surface area contributed by atoms with Crippen molar-refractivity contribution < 1.29 is 14.6 Å². The fourth-order valence-electron chi connectivity index (χ4n) is 1.15. The number of ether oxygens (including phenoxy) is 1. The second-order valence-corrected chi connectivity index (χ2v) is 3.40. The normalized spacial score (nSPS) is 9.93. The number of benzene rings is 1. The molecule has 1 rings (SSSR count). The molecule has 0 atom stereocenters. The number of carbonyl (C=O) groups excluding carboxylic acids is 1. The molecule has 76 valence electrons. The molecule has 0 aromatic heterocycles. The van der Waals surface area contributed by atoms with E-state index in [1.54, 1.807) is 0 Å². The molecule has 0 saturated heterocycles. The minimum absolute atomic E-state index is 0.0264. The molecule has 3 nitrogen and oxygen atoms in total. The van der Waals surface area contributed by atoms with Crippen LogP contribution < -0.4 is 4.74 Å². The molecule has 0 aliphatic heterocycles. The summed E-state index contributed by atoms with van der Waals surface area (Å²) >= 11 is 5.84. The van der Waals surface area contributed by atoms with E-state index in [2.05, 4.69) is 0 Å². The molecule has 0 spiro atoms. The number of aromatic hydroxyl groups is 1. The van der Waals surface area contributed by atoms with E-state index >= 15 is 0 Å². The smallest absolute Gasteiger partial charge is 0.141 e. The standard InChI is InChI=1S/C10H11ClO3/c1-6(12)3-7-4-8(11)10(14-2)5-9(7)13/h4-5,13H,3H2,1-2H3. The second-order valence-electron chi connectivity index (χ2n) is 2.99. The number of Topliss-reactive ketones (excluding diaryl/α,β-unsaturated/α-hetero) is 1. The summed E-state index contributed by atoms with van der Waals surface area (Å²) in [6, 6.07) is 2.94. The van der Waals surface area contributed by atoms with Crippen LogP contribution in [0, 0.1) is 0 Å². The van der Waals surface area contributed by atoms with Crippen molar-refractivity contribution in [2.45, 2.75) is 13.3 Å². The van der Waals surface area contributed by atoms with Gasteiger partial charge in [0.15, 0.2) is 0 Å². The van der Waals surface area contributed by atoms with Gasteiger partial charge in [0, 0.05) is 18.1 Å². The first-order valence-corrected chi connectivity index (χ1v) is 4.47. The maximum absolute atomic E-state index is 10.8. The van der Waals surface area contributed by atoms with Crippen molar-refractivity contribution in [3.05, 3.63) is 22.7 Å². The molecule has 0 bridgehead atoms. The van der Waals surface area contributed by atoms with Crippen molar-refractivity contribution in [2.75, 3.05) is 7.11 Å². The van der Waals surface area contributed by atoms with Crippen LogP contribution in [0.3, 0.4) is 0 Å². The van der Waals surface area contributed by atoms with Crippen LogP contribution in [-0.4, -0.2) is 18.0 Å². The Balaban J connectivity index is 3.08. The number of ketones is 1. The number of halogens is 1. The average Bonchev–Trinajstić information content (AvgIpc) is 2.10. The molecule has 0 unspecified atom stereocenters. The van der Waals surface area contributed by atoms with Gasteiger partial charge in [0.05, 0.1) is 12.1 Å². The van der Waals surface area contributed by atoms with E-state index in [4.69, 9.17) is 16.3 Å². The third-order valence-electron chi connectivity index (χ3n) is 1.79. The van der Waals surface area contributed by atoms with Gasteiger partial charge in [-0.15, -0.1) is 0 Å². The van der Waals surface area contributed by atoms with E-state index in [1.807, 2.05) is 0 Å². The minimum atomic E-state index is -0.0264. The van der Waals surface area contributed by atoms with Crippen LogP contribution in [0.25, 0.3) is 0 Å². The van der Waals surface area contributed by atoms with Crippen molar-refractivity contribution in [3.8, 4) is 11.5 Å². The molecule has 0 aliphatic carbocycles. The van der Waals surface area contributed by atoms with Crippen LogP contribution in [0.15, 0.2) is 12.1 Å². The van der Waals surface area contributed by atoms with Gasteiger partial charge in [0.2, 0.25) is 0 Å². The lowest BCUT2D eigenvalue weighted by Crippen LogP contribution is -1.97. The SMILES string of the molecule is COc1cc(O)c(CC(C)=O)cc1Cl. The van der Waals surface area contributed by atoms with Crippen molar-refractivity contribution in [1.82, 2.24) is 0 Å². The van der Waals surface area contributed by atoms with Gasteiger partial charge >= 0.3 is 0 Å². The second kappa shape index (κ2) is 4.33. The molecule has 0 amide bonds. The number of phenolic OH excluding ortho intramolecular Hbond substituents is 1. The van der Waals surface area contributed by atoms with Crippen LogP contribution in [-0.2, 0) is 11.2 Å². The molecule has 14 heavy (non-hydrogen) atoms. The zero-order chi connectivity index (χ0) is 10.7. The molecule has 0 saturated carbocycles. The number of phenols is 1. The van der Waals surface area contributed by atoms with Gasteiger partial charge in [-0.3, -0.25) is 4.79 Å². The molecule has 0 fully saturated rings. The number of rotatable bonds is 3. The summed E-state index contributed by atoms with van der Waals surface area (Å²) < 4.78 is 4.91. The molecule has 1 N–H and O–H groups in total. The number of methoxy groups -OCH3 is 1. The van der Waals surface area contributed by atoms with E-state index in [0.29, 0.717) is 16.3 Å². The first-order chi connectivity index (χ1) is 6.54. The highest BCUT2D eigenvalue weighted by Gasteiger charge is 2.09. The van der Waals surface area contributed by atoms with Gasteiger partial charge in [-0.25, -0.2) is 0 Å². The lowest BCUT2D eigenvalue weighted by molar-refractivity contribution is -0.116. The molecule has 0 aliphatic rings. The largest absolute Gasteiger partial charge is 0.508 e. The highest BCUT2D eigenvalue weighted by molar-refractivity contribution is 6.32. The Labute approximate surface area is 87.3 Å². The van der Waals surface area contributed by atoms with Crippen LogP contribution >= 0.6 is 11.6 Å². The summed E-state index contributed by atoms with van der Waals surface area (Å²) in [6.45, 7) is 1.46. The van der Waals surface area contributed by atoms with Crippen LogP contribution in [0.4, 0.5) is 0 Å². The van der Waals surface area contributed by atoms with Gasteiger partial charge in [0.25, 0.3) is 0 Å². The lowest BCUT2D eigenvalue weighted by atomic mass is 10.1. The fourth-order valence-corrected chi connectivity index (χ4v) is 1.41. The zero-order valence-electron chi connectivity index (χ0n) is 8.00. The summed E-state index contributed by atoms with van der Waals surface area (Å²) in [5, 5.41) is 9.90. The Morgan fingerprint density at radius 2 is 2.21 bits per heavy atom. The minimum Gasteiger partial charge on any atom is -0.508 e. The lowest BCUT2D eigenvalue weighted by Gasteiger charge is -2.07. The predicted molar refractivity (Wildman–Crippen MR) is 54.1 cm³/mol. The summed E-state index contributed by atoms with van der Waals surface area (Å²) in [4.78, 5) is 10.8. The van der Waals surface area contributed by atoms with Crippen LogP contribution in [0.5, 0.6) is 11.5 Å². The third-order valence-corrected chi connectivity index (χ3v) is 2.09. The molecular weight excluding hydrogens is 204 g/mol. The Hall–Kier alpha value is -1.22. The maximum Gasteiger partial charge on any atom is 0.141 e. The van der Waals surface area contributed by atoms with Crippen molar-refractivity contribution >= 4 is 17.4 Å². The van der Waals surface area contributed by atoms with E-state index in [9.17, 15) is 9.90 Å². The van der Waals surface area contributed by atoms with Gasteiger partial charge in [-0.2, -0.15) is 0 Å². The number of hydrogen-bond donors (Lipinski definition) is 1. The molecule has 4 heteroatoms. The highest BCUT2D eigenvalue weighted by atomic mass is 35.5. The molecule has 0 radical (unpaired) electrons. The van der Waals surface area contributed by atoms with Crippen LogP contribution in [0.1, 0.15) is 12.5 Å². The average molecular weight is 215 g/mol. The van der Waals surface area contributed by atoms with Crippen molar-refractivity contribution in [1.29, 1.82) is 0 Å². The van der Waals surface area contributed by atoms with Gasteiger partial charge < -0.3 is 9.84 Å². The third kappa shape index (κ3) is 2.39. The number of hydrogen-bond acceptors (Lipinski definition) is 3. The Morgan fingerprint density at radius 1 is 1.57 bits per heavy atom. The van der Waals surface area contributed by atoms with E-state index in [1.165, 1.54) is 26.2 Å². The van der Waals surface area contributed by atoms with E-state index < -0.39 is 0 Å². The highest BCUT2D eigenvalue weighted by Crippen LogP contribution is 2.31. The fraction of sp³-hybridized carbons (Fsp3) is 0.300. The van der Waals surface area contributed by atoms with Crippen molar-refractivity contribution in [3.63, 3.8) is 0 Å². The molecular formula is C10H11ClO3.